The van der Waals surface area contributed by atoms with Gasteiger partial charge in [-0.2, -0.15) is 14.7 Å². The van der Waals surface area contributed by atoms with Crippen LogP contribution in [0.15, 0.2) is 41.0 Å². The second-order valence-corrected chi connectivity index (χ2v) is 6.66. The van der Waals surface area contributed by atoms with Crippen LogP contribution in [-0.4, -0.2) is 29.6 Å². The summed E-state index contributed by atoms with van der Waals surface area (Å²) in [4.78, 5) is 0.786. The van der Waals surface area contributed by atoms with Crippen LogP contribution in [0, 0.1) is 0 Å². The summed E-state index contributed by atoms with van der Waals surface area (Å²) in [5, 5.41) is 18.2. The fourth-order valence-electron chi connectivity index (χ4n) is 2.29. The smallest absolute Gasteiger partial charge is 0.235 e. The van der Waals surface area contributed by atoms with Crippen molar-refractivity contribution >= 4 is 32.2 Å². The summed E-state index contributed by atoms with van der Waals surface area (Å²) in [7, 11) is 1.90. The lowest BCUT2D eigenvalue weighted by Crippen LogP contribution is -1.99. The Labute approximate surface area is 138 Å². The Kier molecular flexibility index (Phi) is 3.27. The first-order valence-corrected chi connectivity index (χ1v) is 8.26. The molecule has 0 atom stereocenters. The van der Waals surface area contributed by atoms with Crippen LogP contribution in [0.5, 0.6) is 0 Å². The van der Waals surface area contributed by atoms with Crippen molar-refractivity contribution < 1.29 is 0 Å². The van der Waals surface area contributed by atoms with E-state index >= 15 is 0 Å². The van der Waals surface area contributed by atoms with Gasteiger partial charge in [0.1, 0.15) is 5.69 Å². The fraction of sp³-hybridized carbons (Fsp3) is 0.143. The highest BCUT2D eigenvalue weighted by molar-refractivity contribution is 9.10. The third kappa shape index (κ3) is 2.24. The number of hydrogen-bond donors (Lipinski definition) is 0. The summed E-state index contributed by atoms with van der Waals surface area (Å²) in [6.45, 7) is 0. The van der Waals surface area contributed by atoms with Crippen molar-refractivity contribution in [2.45, 2.75) is 6.42 Å². The highest BCUT2D eigenvalue weighted by Crippen LogP contribution is 2.31. The number of benzene rings is 1. The second kappa shape index (κ2) is 5.29. The third-order valence-corrected chi connectivity index (χ3v) is 4.84. The number of aryl methyl sites for hydroxylation is 1. The van der Waals surface area contributed by atoms with Crippen molar-refractivity contribution in [2.75, 3.05) is 0 Å². The zero-order chi connectivity index (χ0) is 15.1. The monoisotopic (exact) mass is 374 g/mol. The standard InChI is InChI=1S/C14H11BrN6S/c1-20-12(10(15)8-16-20)13-19-21-11(17-18-14(21)22-13)7-9-5-3-2-4-6-9/h2-6,8H,7H2,1H3. The summed E-state index contributed by atoms with van der Waals surface area (Å²) in [6.07, 6.45) is 2.47. The largest absolute Gasteiger partial charge is 0.264 e. The molecule has 0 aliphatic rings. The van der Waals surface area contributed by atoms with E-state index < -0.39 is 0 Å². The van der Waals surface area contributed by atoms with Crippen molar-refractivity contribution in [2.24, 2.45) is 7.05 Å². The zero-order valence-corrected chi connectivity index (χ0v) is 14.0. The lowest BCUT2D eigenvalue weighted by Gasteiger charge is -1.98. The van der Waals surface area contributed by atoms with Crippen molar-refractivity contribution in [3.05, 3.63) is 52.4 Å². The highest BCUT2D eigenvalue weighted by atomic mass is 79.9. The van der Waals surface area contributed by atoms with Crippen molar-refractivity contribution in [1.29, 1.82) is 0 Å². The molecule has 22 heavy (non-hydrogen) atoms. The molecular weight excluding hydrogens is 364 g/mol. The maximum absolute atomic E-state index is 4.65. The molecule has 4 aromatic rings. The molecule has 0 aliphatic heterocycles. The topological polar surface area (TPSA) is 60.9 Å². The molecule has 6 nitrogen and oxygen atoms in total. The van der Waals surface area contributed by atoms with Gasteiger partial charge in [-0.1, -0.05) is 41.7 Å². The number of halogens is 1. The van der Waals surface area contributed by atoms with Gasteiger partial charge in [0.15, 0.2) is 10.8 Å². The predicted molar refractivity (Wildman–Crippen MR) is 87.8 cm³/mol. The van der Waals surface area contributed by atoms with Crippen LogP contribution < -0.4 is 0 Å². The zero-order valence-electron chi connectivity index (χ0n) is 11.6. The van der Waals surface area contributed by atoms with Crippen LogP contribution in [0.1, 0.15) is 11.4 Å². The average molecular weight is 375 g/mol. The normalized spacial score (nSPS) is 11.4. The lowest BCUT2D eigenvalue weighted by atomic mass is 10.1. The van der Waals surface area contributed by atoms with E-state index in [4.69, 9.17) is 0 Å². The van der Waals surface area contributed by atoms with E-state index in [2.05, 4.69) is 48.5 Å². The van der Waals surface area contributed by atoms with E-state index in [1.165, 1.54) is 16.9 Å². The maximum Gasteiger partial charge on any atom is 0.235 e. The Hall–Kier alpha value is -2.06. The van der Waals surface area contributed by atoms with Crippen molar-refractivity contribution in [3.63, 3.8) is 0 Å². The lowest BCUT2D eigenvalue weighted by molar-refractivity contribution is 0.769. The number of aromatic nitrogens is 6. The van der Waals surface area contributed by atoms with Crippen LogP contribution >= 0.6 is 27.3 Å². The SMILES string of the molecule is Cn1ncc(Br)c1-c1nn2c(Cc3ccccc3)nnc2s1. The first-order valence-electron chi connectivity index (χ1n) is 6.65. The average Bonchev–Trinajstić information content (AvgIpc) is 3.17. The Morgan fingerprint density at radius 1 is 1.18 bits per heavy atom. The molecule has 0 fully saturated rings. The third-order valence-electron chi connectivity index (χ3n) is 3.36. The van der Waals surface area contributed by atoms with Gasteiger partial charge >= 0.3 is 0 Å². The van der Waals surface area contributed by atoms with Crippen LogP contribution in [0.2, 0.25) is 0 Å². The molecule has 3 aromatic heterocycles. The molecule has 0 saturated heterocycles. The van der Waals surface area contributed by atoms with Gasteiger partial charge in [0, 0.05) is 13.5 Å². The number of fused-ring (bicyclic) bond motifs is 1. The minimum atomic E-state index is 0.706. The van der Waals surface area contributed by atoms with Gasteiger partial charge in [-0.05, 0) is 21.5 Å². The molecular formula is C14H11BrN6S. The van der Waals surface area contributed by atoms with Gasteiger partial charge in [-0.25, -0.2) is 0 Å². The quantitative estimate of drug-likeness (QED) is 0.553. The van der Waals surface area contributed by atoms with E-state index in [1.807, 2.05) is 29.8 Å². The number of nitrogens with zero attached hydrogens (tertiary/aromatic N) is 6. The van der Waals surface area contributed by atoms with E-state index in [0.717, 1.165) is 26.0 Å². The summed E-state index contributed by atoms with van der Waals surface area (Å²) in [5.41, 5.74) is 2.13. The minimum absolute atomic E-state index is 0.706. The molecule has 0 N–H and O–H groups in total. The molecule has 0 spiro atoms. The highest BCUT2D eigenvalue weighted by Gasteiger charge is 2.17. The Morgan fingerprint density at radius 2 is 2.00 bits per heavy atom. The summed E-state index contributed by atoms with van der Waals surface area (Å²) < 4.78 is 4.53. The van der Waals surface area contributed by atoms with E-state index in [9.17, 15) is 0 Å². The first-order chi connectivity index (χ1) is 10.7. The van der Waals surface area contributed by atoms with Crippen LogP contribution in [-0.2, 0) is 13.5 Å². The molecule has 3 heterocycles. The molecule has 0 radical (unpaired) electrons. The van der Waals surface area contributed by atoms with Gasteiger partial charge in [-0.3, -0.25) is 4.68 Å². The summed E-state index contributed by atoms with van der Waals surface area (Å²) in [5.74, 6) is 0.835. The summed E-state index contributed by atoms with van der Waals surface area (Å²) >= 11 is 5.01. The van der Waals surface area contributed by atoms with Gasteiger partial charge < -0.3 is 0 Å². The van der Waals surface area contributed by atoms with Crippen LogP contribution in [0.25, 0.3) is 15.7 Å². The molecule has 0 saturated carbocycles. The number of hydrogen-bond acceptors (Lipinski definition) is 5. The first kappa shape index (κ1) is 13.6. The van der Waals surface area contributed by atoms with Gasteiger partial charge in [-0.15, -0.1) is 10.2 Å². The molecule has 8 heteroatoms. The molecule has 4 rings (SSSR count). The number of rotatable bonds is 3. The minimum Gasteiger partial charge on any atom is -0.264 e. The van der Waals surface area contributed by atoms with Gasteiger partial charge in [0.25, 0.3) is 0 Å². The maximum atomic E-state index is 4.65. The van der Waals surface area contributed by atoms with Crippen LogP contribution in [0.4, 0.5) is 0 Å². The molecule has 0 amide bonds. The molecule has 0 unspecified atom stereocenters. The van der Waals surface area contributed by atoms with Crippen molar-refractivity contribution in [1.82, 2.24) is 29.6 Å². The Morgan fingerprint density at radius 3 is 2.73 bits per heavy atom. The van der Waals surface area contributed by atoms with E-state index in [1.54, 1.807) is 10.9 Å². The summed E-state index contributed by atoms with van der Waals surface area (Å²) in [6, 6.07) is 10.2. The Bertz CT molecular complexity index is 919. The van der Waals surface area contributed by atoms with Crippen molar-refractivity contribution in [3.8, 4) is 10.7 Å². The van der Waals surface area contributed by atoms with E-state index in [0.29, 0.717) is 6.42 Å². The predicted octanol–water partition coefficient (Wildman–Crippen LogP) is 2.94. The van der Waals surface area contributed by atoms with Gasteiger partial charge in [0.2, 0.25) is 4.96 Å². The Balaban J connectivity index is 1.77. The fourth-order valence-corrected chi connectivity index (χ4v) is 3.91. The molecule has 110 valence electrons. The van der Waals surface area contributed by atoms with Crippen LogP contribution in [0.3, 0.4) is 0 Å². The van der Waals surface area contributed by atoms with Gasteiger partial charge in [0.05, 0.1) is 10.7 Å². The molecule has 1 aromatic carbocycles. The second-order valence-electron chi connectivity index (χ2n) is 4.84. The molecule has 0 aliphatic carbocycles. The van der Waals surface area contributed by atoms with E-state index in [-0.39, 0.29) is 0 Å². The molecule has 0 bridgehead atoms.